The Morgan fingerprint density at radius 2 is 2.15 bits per heavy atom. The molecule has 0 saturated carbocycles. The molecule has 1 nitrogen and oxygen atoms in total. The van der Waals surface area contributed by atoms with Gasteiger partial charge in [0, 0.05) is 18.0 Å². The van der Waals surface area contributed by atoms with Crippen LogP contribution in [0.2, 0.25) is 0 Å². The molecule has 0 aromatic heterocycles. The van der Waals surface area contributed by atoms with Crippen LogP contribution in [0.4, 0.5) is 10.1 Å². The average Bonchev–Trinajstić information content (AvgIpc) is 2.03. The van der Waals surface area contributed by atoms with Crippen LogP contribution in [0.15, 0.2) is 18.2 Å². The third kappa shape index (κ3) is 3.68. The fraction of sp³-hybridized carbons (Fsp3) is 0.400. The molecule has 1 N–H and O–H groups in total. The number of rotatable bonds is 4. The van der Waals surface area contributed by atoms with Crippen LogP contribution < -0.4 is 5.32 Å². The molecule has 0 unspecified atom stereocenters. The van der Waals surface area contributed by atoms with E-state index in [1.54, 1.807) is 11.8 Å². The van der Waals surface area contributed by atoms with Crippen molar-refractivity contribution in [3.05, 3.63) is 29.6 Å². The number of thioether (sulfide) groups is 1. The molecule has 0 spiro atoms. The molecule has 13 heavy (non-hydrogen) atoms. The minimum atomic E-state index is -0.174. The van der Waals surface area contributed by atoms with Gasteiger partial charge in [-0.3, -0.25) is 0 Å². The van der Waals surface area contributed by atoms with Gasteiger partial charge in [0.2, 0.25) is 0 Å². The molecule has 0 radical (unpaired) electrons. The Morgan fingerprint density at radius 3 is 2.77 bits per heavy atom. The van der Waals surface area contributed by atoms with Gasteiger partial charge in [-0.2, -0.15) is 11.8 Å². The molecule has 0 heterocycles. The Kier molecular flexibility index (Phi) is 4.09. The Labute approximate surface area is 82.7 Å². The summed E-state index contributed by atoms with van der Waals surface area (Å²) >= 11 is 1.77. The van der Waals surface area contributed by atoms with Crippen LogP contribution in [0.3, 0.4) is 0 Å². The molecule has 0 bridgehead atoms. The van der Waals surface area contributed by atoms with Crippen LogP contribution in [-0.4, -0.2) is 18.6 Å². The Hall–Kier alpha value is -0.700. The molecule has 0 aliphatic rings. The van der Waals surface area contributed by atoms with Crippen molar-refractivity contribution in [1.29, 1.82) is 0 Å². The summed E-state index contributed by atoms with van der Waals surface area (Å²) in [6.45, 7) is 2.77. The first-order valence-corrected chi connectivity index (χ1v) is 5.62. The predicted molar refractivity (Wildman–Crippen MR) is 58.0 cm³/mol. The summed E-state index contributed by atoms with van der Waals surface area (Å²) in [6.07, 6.45) is 2.05. The van der Waals surface area contributed by atoms with Gasteiger partial charge in [0.25, 0.3) is 0 Å². The second kappa shape index (κ2) is 5.12. The zero-order valence-electron chi connectivity index (χ0n) is 7.93. The molecule has 0 aliphatic carbocycles. The quantitative estimate of drug-likeness (QED) is 0.748. The fourth-order valence-corrected chi connectivity index (χ4v) is 1.44. The highest BCUT2D eigenvalue weighted by Crippen LogP contribution is 2.12. The van der Waals surface area contributed by atoms with Crippen LogP contribution in [0.25, 0.3) is 0 Å². The van der Waals surface area contributed by atoms with E-state index in [1.165, 1.54) is 12.1 Å². The van der Waals surface area contributed by atoms with Crippen molar-refractivity contribution < 1.29 is 4.39 Å². The van der Waals surface area contributed by atoms with E-state index in [4.69, 9.17) is 0 Å². The number of hydrogen-bond donors (Lipinski definition) is 1. The highest BCUT2D eigenvalue weighted by Gasteiger charge is 1.96. The van der Waals surface area contributed by atoms with Crippen molar-refractivity contribution in [2.24, 2.45) is 0 Å². The van der Waals surface area contributed by atoms with Crippen molar-refractivity contribution in [2.45, 2.75) is 6.92 Å². The molecule has 0 saturated heterocycles. The maximum Gasteiger partial charge on any atom is 0.125 e. The monoisotopic (exact) mass is 199 g/mol. The van der Waals surface area contributed by atoms with Crippen molar-refractivity contribution >= 4 is 17.4 Å². The van der Waals surface area contributed by atoms with Crippen LogP contribution in [0.5, 0.6) is 0 Å². The number of nitrogens with one attached hydrogen (secondary N) is 1. The van der Waals surface area contributed by atoms with E-state index in [1.807, 2.05) is 13.0 Å². The van der Waals surface area contributed by atoms with Gasteiger partial charge in [-0.05, 0) is 36.9 Å². The largest absolute Gasteiger partial charge is 0.384 e. The number of benzene rings is 1. The predicted octanol–water partition coefficient (Wildman–Crippen LogP) is 2.91. The third-order valence-corrected chi connectivity index (χ3v) is 2.29. The molecule has 1 rings (SSSR count). The zero-order chi connectivity index (χ0) is 9.68. The summed E-state index contributed by atoms with van der Waals surface area (Å²) in [5, 5.41) is 3.17. The van der Waals surface area contributed by atoms with E-state index < -0.39 is 0 Å². The van der Waals surface area contributed by atoms with Gasteiger partial charge in [0.15, 0.2) is 0 Å². The van der Waals surface area contributed by atoms with Crippen molar-refractivity contribution in [3.8, 4) is 0 Å². The number of halogens is 1. The van der Waals surface area contributed by atoms with Crippen molar-refractivity contribution in [3.63, 3.8) is 0 Å². The van der Waals surface area contributed by atoms with Gasteiger partial charge in [0.05, 0.1) is 0 Å². The SMILES string of the molecule is CSCCNc1cc(C)cc(F)c1. The second-order valence-corrected chi connectivity index (χ2v) is 3.92. The Bertz CT molecular complexity index is 255. The van der Waals surface area contributed by atoms with Crippen LogP contribution in [-0.2, 0) is 0 Å². The number of hydrogen-bond acceptors (Lipinski definition) is 2. The Balaban J connectivity index is 2.56. The molecule has 1 aromatic carbocycles. The molecule has 72 valence electrons. The zero-order valence-corrected chi connectivity index (χ0v) is 8.75. The second-order valence-electron chi connectivity index (χ2n) is 2.94. The van der Waals surface area contributed by atoms with E-state index in [-0.39, 0.29) is 5.82 Å². The lowest BCUT2D eigenvalue weighted by Gasteiger charge is -2.06. The van der Waals surface area contributed by atoms with Gasteiger partial charge in [-0.15, -0.1) is 0 Å². The molecule has 0 atom stereocenters. The lowest BCUT2D eigenvalue weighted by atomic mass is 10.2. The van der Waals surface area contributed by atoms with Gasteiger partial charge >= 0.3 is 0 Å². The average molecular weight is 199 g/mol. The lowest BCUT2D eigenvalue weighted by Crippen LogP contribution is -2.03. The number of aryl methyl sites for hydroxylation is 1. The first-order chi connectivity index (χ1) is 6.22. The van der Waals surface area contributed by atoms with Crippen LogP contribution in [0, 0.1) is 12.7 Å². The van der Waals surface area contributed by atoms with Gasteiger partial charge < -0.3 is 5.32 Å². The first kappa shape index (κ1) is 10.4. The molecule has 0 aliphatic heterocycles. The van der Waals surface area contributed by atoms with Crippen molar-refractivity contribution in [1.82, 2.24) is 0 Å². The molecule has 3 heteroatoms. The minimum Gasteiger partial charge on any atom is -0.384 e. The molecule has 1 aromatic rings. The molecular weight excluding hydrogens is 185 g/mol. The summed E-state index contributed by atoms with van der Waals surface area (Å²) in [4.78, 5) is 0. The topological polar surface area (TPSA) is 12.0 Å². The fourth-order valence-electron chi connectivity index (χ4n) is 1.14. The van der Waals surface area contributed by atoms with Crippen LogP contribution >= 0.6 is 11.8 Å². The van der Waals surface area contributed by atoms with Gasteiger partial charge in [-0.1, -0.05) is 0 Å². The van der Waals surface area contributed by atoms with E-state index >= 15 is 0 Å². The molecule has 0 fully saturated rings. The summed E-state index contributed by atoms with van der Waals surface area (Å²) < 4.78 is 12.9. The first-order valence-electron chi connectivity index (χ1n) is 4.22. The van der Waals surface area contributed by atoms with E-state index in [0.717, 1.165) is 23.5 Å². The summed E-state index contributed by atoms with van der Waals surface area (Å²) in [5.74, 6) is 0.863. The highest BCUT2D eigenvalue weighted by molar-refractivity contribution is 7.98. The Morgan fingerprint density at radius 1 is 1.38 bits per heavy atom. The van der Waals surface area contributed by atoms with E-state index in [9.17, 15) is 4.39 Å². The maximum atomic E-state index is 12.9. The third-order valence-electron chi connectivity index (χ3n) is 1.68. The van der Waals surface area contributed by atoms with Crippen LogP contribution in [0.1, 0.15) is 5.56 Å². The number of anilines is 1. The van der Waals surface area contributed by atoms with Gasteiger partial charge in [-0.25, -0.2) is 4.39 Å². The maximum absolute atomic E-state index is 12.9. The summed E-state index contributed by atoms with van der Waals surface area (Å²) in [7, 11) is 0. The smallest absolute Gasteiger partial charge is 0.125 e. The van der Waals surface area contributed by atoms with Crippen molar-refractivity contribution in [2.75, 3.05) is 23.9 Å². The highest BCUT2D eigenvalue weighted by atomic mass is 32.2. The summed E-state index contributed by atoms with van der Waals surface area (Å²) in [6, 6.07) is 5.00. The normalized spacial score (nSPS) is 10.1. The molecular formula is C10H14FNS. The molecule has 0 amide bonds. The lowest BCUT2D eigenvalue weighted by molar-refractivity contribution is 0.627. The minimum absolute atomic E-state index is 0.174. The standard InChI is InChI=1S/C10H14FNS/c1-8-5-9(11)7-10(6-8)12-3-4-13-2/h5-7,12H,3-4H2,1-2H3. The van der Waals surface area contributed by atoms with E-state index in [0.29, 0.717) is 0 Å². The van der Waals surface area contributed by atoms with E-state index in [2.05, 4.69) is 11.6 Å². The summed E-state index contributed by atoms with van der Waals surface area (Å²) in [5.41, 5.74) is 1.82. The van der Waals surface area contributed by atoms with Gasteiger partial charge in [0.1, 0.15) is 5.82 Å².